The molecule has 0 bridgehead atoms. The van der Waals surface area contributed by atoms with Gasteiger partial charge in [-0.1, -0.05) is 49.4 Å². The molecule has 2 aromatic rings. The summed E-state index contributed by atoms with van der Waals surface area (Å²) in [6.07, 6.45) is 0. The summed E-state index contributed by atoms with van der Waals surface area (Å²) in [4.78, 5) is 0. The molecule has 2 nitrogen and oxygen atoms in total. The number of rotatable bonds is 6. The molecule has 1 N–H and O–H groups in total. The van der Waals surface area contributed by atoms with Gasteiger partial charge in [-0.05, 0) is 36.1 Å². The summed E-state index contributed by atoms with van der Waals surface area (Å²) in [7, 11) is 1.70. The van der Waals surface area contributed by atoms with Crippen LogP contribution in [0.3, 0.4) is 0 Å². The summed E-state index contributed by atoms with van der Waals surface area (Å²) in [5, 5.41) is 3.59. The molecule has 0 spiro atoms. The Labute approximate surface area is 121 Å². The Bertz CT molecular complexity index is 507. The van der Waals surface area contributed by atoms with Crippen molar-refractivity contribution >= 4 is 0 Å². The molecule has 0 radical (unpaired) electrons. The Balaban J connectivity index is 1.92. The van der Waals surface area contributed by atoms with Crippen LogP contribution < -0.4 is 10.1 Å². The molecule has 0 fully saturated rings. The van der Waals surface area contributed by atoms with Gasteiger partial charge in [-0.3, -0.25) is 0 Å². The van der Waals surface area contributed by atoms with Crippen molar-refractivity contribution in [2.24, 2.45) is 0 Å². The summed E-state index contributed by atoms with van der Waals surface area (Å²) in [5.41, 5.74) is 2.65. The van der Waals surface area contributed by atoms with Gasteiger partial charge in [0.25, 0.3) is 0 Å². The molecule has 0 heterocycles. The molecule has 0 amide bonds. The van der Waals surface area contributed by atoms with Crippen LogP contribution in [0, 0.1) is 0 Å². The minimum Gasteiger partial charge on any atom is -0.497 e. The van der Waals surface area contributed by atoms with Crippen molar-refractivity contribution in [1.82, 2.24) is 5.32 Å². The number of methoxy groups -OCH3 is 1. The molecule has 20 heavy (non-hydrogen) atoms. The third-order valence-corrected chi connectivity index (χ3v) is 3.86. The predicted octanol–water partition coefficient (Wildman–Crippen LogP) is 3.98. The first-order chi connectivity index (χ1) is 9.70. The van der Waals surface area contributed by atoms with E-state index in [4.69, 9.17) is 4.74 Å². The van der Waals surface area contributed by atoms with Gasteiger partial charge >= 0.3 is 0 Å². The van der Waals surface area contributed by atoms with Crippen molar-refractivity contribution < 1.29 is 4.74 Å². The van der Waals surface area contributed by atoms with Crippen molar-refractivity contribution in [2.45, 2.75) is 32.4 Å². The van der Waals surface area contributed by atoms with E-state index in [0.717, 1.165) is 12.3 Å². The molecule has 0 aliphatic carbocycles. The first-order valence-corrected chi connectivity index (χ1v) is 7.12. The fourth-order valence-electron chi connectivity index (χ4n) is 2.25. The molecule has 0 aliphatic rings. The summed E-state index contributed by atoms with van der Waals surface area (Å²) >= 11 is 0. The summed E-state index contributed by atoms with van der Waals surface area (Å²) in [5.74, 6) is 1.37. The lowest BCUT2D eigenvalue weighted by molar-refractivity contribution is 0.414. The molecule has 2 rings (SSSR count). The minimum atomic E-state index is 0.420. The normalized spacial score (nSPS) is 13.8. The SMILES string of the molecule is COc1ccc([C@H](C)[C@H](C)NCc2ccccc2)cc1. The highest BCUT2D eigenvalue weighted by Crippen LogP contribution is 2.22. The van der Waals surface area contributed by atoms with Crippen molar-refractivity contribution in [2.75, 3.05) is 7.11 Å². The fraction of sp³-hybridized carbons (Fsp3) is 0.333. The second kappa shape index (κ2) is 7.11. The van der Waals surface area contributed by atoms with Crippen molar-refractivity contribution in [3.8, 4) is 5.75 Å². The van der Waals surface area contributed by atoms with Crippen molar-refractivity contribution in [1.29, 1.82) is 0 Å². The van der Waals surface area contributed by atoms with E-state index in [1.807, 2.05) is 18.2 Å². The van der Waals surface area contributed by atoms with E-state index in [0.29, 0.717) is 12.0 Å². The zero-order chi connectivity index (χ0) is 14.4. The maximum absolute atomic E-state index is 5.20. The molecule has 0 aromatic heterocycles. The largest absolute Gasteiger partial charge is 0.497 e. The van der Waals surface area contributed by atoms with Crippen molar-refractivity contribution in [3.05, 3.63) is 65.7 Å². The van der Waals surface area contributed by atoms with Crippen LogP contribution in [-0.4, -0.2) is 13.2 Å². The van der Waals surface area contributed by atoms with Crippen LogP contribution in [0.5, 0.6) is 5.75 Å². The number of benzene rings is 2. The zero-order valence-corrected chi connectivity index (χ0v) is 12.5. The van der Waals surface area contributed by atoms with Crippen LogP contribution >= 0.6 is 0 Å². The van der Waals surface area contributed by atoms with Crippen LogP contribution in [0.4, 0.5) is 0 Å². The van der Waals surface area contributed by atoms with Gasteiger partial charge in [-0.15, -0.1) is 0 Å². The highest BCUT2D eigenvalue weighted by molar-refractivity contribution is 5.29. The Morgan fingerprint density at radius 3 is 2.20 bits per heavy atom. The monoisotopic (exact) mass is 269 g/mol. The number of hydrogen-bond acceptors (Lipinski definition) is 2. The smallest absolute Gasteiger partial charge is 0.118 e. The van der Waals surface area contributed by atoms with E-state index < -0.39 is 0 Å². The second-order valence-corrected chi connectivity index (χ2v) is 5.22. The Kier molecular flexibility index (Phi) is 5.19. The molecule has 0 saturated carbocycles. The van der Waals surface area contributed by atoms with Crippen LogP contribution in [-0.2, 0) is 6.54 Å². The lowest BCUT2D eigenvalue weighted by Crippen LogP contribution is -2.30. The molecular formula is C18H23NO. The Morgan fingerprint density at radius 2 is 1.60 bits per heavy atom. The van der Waals surface area contributed by atoms with E-state index in [9.17, 15) is 0 Å². The fourth-order valence-corrected chi connectivity index (χ4v) is 2.25. The van der Waals surface area contributed by atoms with Gasteiger partial charge in [-0.2, -0.15) is 0 Å². The highest BCUT2D eigenvalue weighted by atomic mass is 16.5. The first-order valence-electron chi connectivity index (χ1n) is 7.12. The third kappa shape index (κ3) is 3.84. The van der Waals surface area contributed by atoms with Gasteiger partial charge in [0.05, 0.1) is 7.11 Å². The standard InChI is InChI=1S/C18H23NO/c1-14(17-9-11-18(20-3)12-10-17)15(2)19-13-16-7-5-4-6-8-16/h4-12,14-15,19H,13H2,1-3H3/t14-,15+/m1/s1. The maximum atomic E-state index is 5.20. The summed E-state index contributed by atoms with van der Waals surface area (Å²) < 4.78 is 5.20. The van der Waals surface area contributed by atoms with Gasteiger partial charge in [0.2, 0.25) is 0 Å². The molecule has 2 atom stereocenters. The topological polar surface area (TPSA) is 21.3 Å². The minimum absolute atomic E-state index is 0.420. The average Bonchev–Trinajstić information content (AvgIpc) is 2.53. The Hall–Kier alpha value is -1.80. The molecule has 2 heteroatoms. The van der Waals surface area contributed by atoms with E-state index >= 15 is 0 Å². The van der Waals surface area contributed by atoms with Gasteiger partial charge < -0.3 is 10.1 Å². The van der Waals surface area contributed by atoms with Crippen LogP contribution in [0.1, 0.15) is 30.9 Å². The van der Waals surface area contributed by atoms with Gasteiger partial charge in [0, 0.05) is 12.6 Å². The lowest BCUT2D eigenvalue weighted by atomic mass is 9.94. The average molecular weight is 269 g/mol. The van der Waals surface area contributed by atoms with Crippen LogP contribution in [0.2, 0.25) is 0 Å². The van der Waals surface area contributed by atoms with Crippen molar-refractivity contribution in [3.63, 3.8) is 0 Å². The van der Waals surface area contributed by atoms with Gasteiger partial charge in [0.15, 0.2) is 0 Å². The maximum Gasteiger partial charge on any atom is 0.118 e. The van der Waals surface area contributed by atoms with Crippen LogP contribution in [0.15, 0.2) is 54.6 Å². The number of hydrogen-bond donors (Lipinski definition) is 1. The molecule has 0 unspecified atom stereocenters. The molecule has 0 aliphatic heterocycles. The van der Waals surface area contributed by atoms with E-state index in [1.54, 1.807) is 7.11 Å². The zero-order valence-electron chi connectivity index (χ0n) is 12.5. The summed E-state index contributed by atoms with van der Waals surface area (Å²) in [6, 6.07) is 19.3. The molecule has 106 valence electrons. The predicted molar refractivity (Wildman–Crippen MR) is 84.2 cm³/mol. The number of nitrogens with one attached hydrogen (secondary N) is 1. The molecular weight excluding hydrogens is 246 g/mol. The van der Waals surface area contributed by atoms with Crippen LogP contribution in [0.25, 0.3) is 0 Å². The Morgan fingerprint density at radius 1 is 0.950 bits per heavy atom. The van der Waals surface area contributed by atoms with E-state index in [2.05, 4.69) is 55.6 Å². The second-order valence-electron chi connectivity index (χ2n) is 5.22. The third-order valence-electron chi connectivity index (χ3n) is 3.86. The highest BCUT2D eigenvalue weighted by Gasteiger charge is 2.13. The van der Waals surface area contributed by atoms with E-state index in [1.165, 1.54) is 11.1 Å². The van der Waals surface area contributed by atoms with E-state index in [-0.39, 0.29) is 0 Å². The summed E-state index contributed by atoms with van der Waals surface area (Å²) in [6.45, 7) is 5.39. The quantitative estimate of drug-likeness (QED) is 0.856. The lowest BCUT2D eigenvalue weighted by Gasteiger charge is -2.22. The number of ether oxygens (including phenoxy) is 1. The van der Waals surface area contributed by atoms with Gasteiger partial charge in [0.1, 0.15) is 5.75 Å². The van der Waals surface area contributed by atoms with Gasteiger partial charge in [-0.25, -0.2) is 0 Å². The molecule has 0 saturated heterocycles. The molecule has 2 aromatic carbocycles. The first kappa shape index (κ1) is 14.6.